The van der Waals surface area contributed by atoms with Crippen LogP contribution in [0.4, 0.5) is 4.39 Å². The van der Waals surface area contributed by atoms with Crippen molar-refractivity contribution >= 4 is 0 Å². The molecule has 2 rings (SSSR count). The fourth-order valence-corrected chi connectivity index (χ4v) is 2.58. The van der Waals surface area contributed by atoms with Crippen LogP contribution in [0.25, 0.3) is 0 Å². The number of hydrogen-bond acceptors (Lipinski definition) is 2. The summed E-state index contributed by atoms with van der Waals surface area (Å²) in [5, 5.41) is 3.31. The minimum Gasteiger partial charge on any atom is -0.496 e. The molecule has 21 heavy (non-hydrogen) atoms. The second-order valence-electron chi connectivity index (χ2n) is 5.35. The zero-order chi connectivity index (χ0) is 15.4. The van der Waals surface area contributed by atoms with Crippen LogP contribution in [0.1, 0.15) is 28.3 Å². The van der Waals surface area contributed by atoms with Gasteiger partial charge in [0.2, 0.25) is 0 Å². The lowest BCUT2D eigenvalue weighted by Gasteiger charge is -2.19. The van der Waals surface area contributed by atoms with Crippen molar-refractivity contribution in [1.82, 2.24) is 5.32 Å². The van der Waals surface area contributed by atoms with E-state index in [1.807, 2.05) is 33.0 Å². The second-order valence-corrected chi connectivity index (χ2v) is 5.35. The quantitative estimate of drug-likeness (QED) is 0.899. The van der Waals surface area contributed by atoms with Gasteiger partial charge in [0.05, 0.1) is 7.11 Å². The van der Waals surface area contributed by atoms with Crippen LogP contribution in [-0.4, -0.2) is 14.2 Å². The first-order valence-electron chi connectivity index (χ1n) is 7.12. The molecule has 0 amide bonds. The zero-order valence-electron chi connectivity index (χ0n) is 13.0. The maximum atomic E-state index is 13.4. The molecule has 0 aromatic heterocycles. The minimum absolute atomic E-state index is 0.148. The summed E-state index contributed by atoms with van der Waals surface area (Å²) in [7, 11) is 3.60. The predicted molar refractivity (Wildman–Crippen MR) is 84.4 cm³/mol. The van der Waals surface area contributed by atoms with Crippen LogP contribution in [-0.2, 0) is 6.42 Å². The molecule has 1 N–H and O–H groups in total. The molecule has 0 radical (unpaired) electrons. The SMILES string of the molecule is CNC(Cc1cc(F)ccc1C)c1ccc(OC)c(C)c1. The first-order valence-corrected chi connectivity index (χ1v) is 7.12. The van der Waals surface area contributed by atoms with Gasteiger partial charge in [-0.15, -0.1) is 0 Å². The van der Waals surface area contributed by atoms with Gasteiger partial charge >= 0.3 is 0 Å². The van der Waals surface area contributed by atoms with Crippen LogP contribution in [0.5, 0.6) is 5.75 Å². The van der Waals surface area contributed by atoms with Crippen LogP contribution in [0, 0.1) is 19.7 Å². The monoisotopic (exact) mass is 287 g/mol. The topological polar surface area (TPSA) is 21.3 Å². The van der Waals surface area contributed by atoms with Gasteiger partial charge in [0.15, 0.2) is 0 Å². The molecule has 112 valence electrons. The Morgan fingerprint density at radius 2 is 1.86 bits per heavy atom. The van der Waals surface area contributed by atoms with Crippen LogP contribution in [0.2, 0.25) is 0 Å². The summed E-state index contributed by atoms with van der Waals surface area (Å²) in [5.41, 5.74) is 4.43. The Morgan fingerprint density at radius 3 is 2.48 bits per heavy atom. The van der Waals surface area contributed by atoms with Gasteiger partial charge in [-0.3, -0.25) is 0 Å². The summed E-state index contributed by atoms with van der Waals surface area (Å²) in [6.45, 7) is 4.04. The van der Waals surface area contributed by atoms with Gasteiger partial charge in [0, 0.05) is 6.04 Å². The molecule has 0 aliphatic rings. The third-order valence-electron chi connectivity index (χ3n) is 3.90. The Morgan fingerprint density at radius 1 is 1.10 bits per heavy atom. The second kappa shape index (κ2) is 6.72. The summed E-state index contributed by atoms with van der Waals surface area (Å²) >= 11 is 0. The van der Waals surface area contributed by atoms with Gasteiger partial charge < -0.3 is 10.1 Å². The van der Waals surface area contributed by atoms with Crippen molar-refractivity contribution in [2.24, 2.45) is 0 Å². The first kappa shape index (κ1) is 15.5. The van der Waals surface area contributed by atoms with Crippen LogP contribution < -0.4 is 10.1 Å². The van der Waals surface area contributed by atoms with Crippen LogP contribution in [0.15, 0.2) is 36.4 Å². The van der Waals surface area contributed by atoms with Crippen LogP contribution in [0.3, 0.4) is 0 Å². The highest BCUT2D eigenvalue weighted by atomic mass is 19.1. The van der Waals surface area contributed by atoms with E-state index in [0.717, 1.165) is 28.9 Å². The van der Waals surface area contributed by atoms with E-state index in [1.165, 1.54) is 11.6 Å². The van der Waals surface area contributed by atoms with Gasteiger partial charge in [-0.2, -0.15) is 0 Å². The molecular formula is C18H22FNO. The van der Waals surface area contributed by atoms with Crippen molar-refractivity contribution in [3.05, 3.63) is 64.5 Å². The molecule has 2 aromatic rings. The van der Waals surface area contributed by atoms with E-state index in [0.29, 0.717) is 0 Å². The maximum Gasteiger partial charge on any atom is 0.123 e. The highest BCUT2D eigenvalue weighted by Gasteiger charge is 2.13. The summed E-state index contributed by atoms with van der Waals surface area (Å²) < 4.78 is 18.7. The third kappa shape index (κ3) is 3.61. The van der Waals surface area contributed by atoms with E-state index < -0.39 is 0 Å². The minimum atomic E-state index is -0.184. The Kier molecular flexibility index (Phi) is 4.97. The lowest BCUT2D eigenvalue weighted by molar-refractivity contribution is 0.411. The van der Waals surface area contributed by atoms with Crippen molar-refractivity contribution in [3.8, 4) is 5.75 Å². The van der Waals surface area contributed by atoms with Crippen molar-refractivity contribution in [2.45, 2.75) is 26.3 Å². The van der Waals surface area contributed by atoms with Crippen molar-refractivity contribution in [3.63, 3.8) is 0 Å². The number of halogens is 1. The average molecular weight is 287 g/mol. The molecule has 1 atom stereocenters. The normalized spacial score (nSPS) is 12.2. The summed E-state index contributed by atoms with van der Waals surface area (Å²) in [6, 6.07) is 11.3. The van der Waals surface area contributed by atoms with E-state index in [4.69, 9.17) is 4.74 Å². The van der Waals surface area contributed by atoms with Crippen LogP contribution >= 0.6 is 0 Å². The van der Waals surface area contributed by atoms with Gasteiger partial charge in [0.25, 0.3) is 0 Å². The van der Waals surface area contributed by atoms with E-state index in [9.17, 15) is 4.39 Å². The van der Waals surface area contributed by atoms with E-state index >= 15 is 0 Å². The van der Waals surface area contributed by atoms with Gasteiger partial charge in [0.1, 0.15) is 11.6 Å². The number of ether oxygens (including phenoxy) is 1. The molecule has 2 nitrogen and oxygen atoms in total. The zero-order valence-corrected chi connectivity index (χ0v) is 13.0. The van der Waals surface area contributed by atoms with Crippen molar-refractivity contribution in [1.29, 1.82) is 0 Å². The lowest BCUT2D eigenvalue weighted by atomic mass is 9.95. The molecule has 0 aliphatic carbocycles. The molecule has 0 saturated carbocycles. The van der Waals surface area contributed by atoms with Gasteiger partial charge in [-0.25, -0.2) is 4.39 Å². The molecule has 0 saturated heterocycles. The highest BCUT2D eigenvalue weighted by molar-refractivity contribution is 5.38. The Labute approximate surface area is 126 Å². The molecule has 0 spiro atoms. The number of methoxy groups -OCH3 is 1. The lowest BCUT2D eigenvalue weighted by Crippen LogP contribution is -2.19. The number of benzene rings is 2. The van der Waals surface area contributed by atoms with Crippen molar-refractivity contribution in [2.75, 3.05) is 14.2 Å². The first-order chi connectivity index (χ1) is 10.0. The molecule has 0 heterocycles. The molecule has 0 aliphatic heterocycles. The Balaban J connectivity index is 2.27. The van der Waals surface area contributed by atoms with E-state index in [1.54, 1.807) is 13.2 Å². The Bertz CT molecular complexity index is 625. The number of likely N-dealkylation sites (N-methyl/N-ethyl adjacent to an activating group) is 1. The molecule has 0 fully saturated rings. The highest BCUT2D eigenvalue weighted by Crippen LogP contribution is 2.25. The number of hydrogen-bond donors (Lipinski definition) is 1. The smallest absolute Gasteiger partial charge is 0.123 e. The van der Waals surface area contributed by atoms with Gasteiger partial charge in [-0.1, -0.05) is 18.2 Å². The summed E-state index contributed by atoms with van der Waals surface area (Å²) in [4.78, 5) is 0. The van der Waals surface area contributed by atoms with E-state index in [-0.39, 0.29) is 11.9 Å². The largest absolute Gasteiger partial charge is 0.496 e. The van der Waals surface area contributed by atoms with E-state index in [2.05, 4.69) is 17.4 Å². The predicted octanol–water partition coefficient (Wildman–Crippen LogP) is 3.95. The molecule has 3 heteroatoms. The Hall–Kier alpha value is -1.87. The summed E-state index contributed by atoms with van der Waals surface area (Å²) in [6.07, 6.45) is 0.756. The average Bonchev–Trinajstić information content (AvgIpc) is 2.48. The fourth-order valence-electron chi connectivity index (χ4n) is 2.58. The maximum absolute atomic E-state index is 13.4. The number of nitrogens with one attached hydrogen (secondary N) is 1. The molecular weight excluding hydrogens is 265 g/mol. The summed E-state index contributed by atoms with van der Waals surface area (Å²) in [5.74, 6) is 0.701. The standard InChI is InChI=1S/C18H22FNO/c1-12-5-7-16(19)10-15(12)11-17(20-3)14-6-8-18(21-4)13(2)9-14/h5-10,17,20H,11H2,1-4H3. The molecule has 2 aromatic carbocycles. The number of rotatable bonds is 5. The molecule has 1 unspecified atom stereocenters. The number of aryl methyl sites for hydroxylation is 2. The fraction of sp³-hybridized carbons (Fsp3) is 0.333. The molecule has 0 bridgehead atoms. The third-order valence-corrected chi connectivity index (χ3v) is 3.90. The van der Waals surface area contributed by atoms with Gasteiger partial charge in [-0.05, 0) is 67.8 Å². The van der Waals surface area contributed by atoms with Crippen molar-refractivity contribution < 1.29 is 9.13 Å².